The first-order valence-corrected chi connectivity index (χ1v) is 12.0. The largest absolute Gasteiger partial charge is 0.844 e. The summed E-state index contributed by atoms with van der Waals surface area (Å²) in [4.78, 5) is 4.43. The van der Waals surface area contributed by atoms with Crippen LogP contribution in [0, 0.1) is 11.8 Å². The fraction of sp³-hybridized carbons (Fsp3) is 0.393. The number of hydrogen-bond donors (Lipinski definition) is 0. The zero-order valence-electron chi connectivity index (χ0n) is 20.1. The predicted octanol–water partition coefficient (Wildman–Crippen LogP) is 5.85. The highest BCUT2D eigenvalue weighted by Gasteiger charge is 2.51. The van der Waals surface area contributed by atoms with Gasteiger partial charge in [0.1, 0.15) is 12.3 Å². The van der Waals surface area contributed by atoms with Gasteiger partial charge in [0, 0.05) is 35.9 Å². The minimum atomic E-state index is -4.37. The third-order valence-electron chi connectivity index (χ3n) is 8.09. The highest BCUT2D eigenvalue weighted by molar-refractivity contribution is 8.93. The molecule has 4 heterocycles. The van der Waals surface area contributed by atoms with Crippen molar-refractivity contribution in [3.63, 3.8) is 0 Å². The lowest BCUT2D eigenvalue weighted by atomic mass is 9.71. The molecule has 0 aliphatic carbocycles. The maximum absolute atomic E-state index is 14.2. The number of ether oxygens (including phenoxy) is 1. The van der Waals surface area contributed by atoms with Gasteiger partial charge in [0.25, 0.3) is 0 Å². The summed E-state index contributed by atoms with van der Waals surface area (Å²) in [5.41, 5.74) is 1.61. The molecule has 3 aliphatic rings. The van der Waals surface area contributed by atoms with E-state index in [1.807, 2.05) is 30.3 Å². The van der Waals surface area contributed by atoms with Crippen LogP contribution in [0.4, 0.5) is 13.2 Å². The van der Waals surface area contributed by atoms with Crippen LogP contribution in [0.2, 0.25) is 0 Å². The van der Waals surface area contributed by atoms with Gasteiger partial charge in [-0.1, -0.05) is 18.2 Å². The van der Waals surface area contributed by atoms with Crippen LogP contribution in [-0.4, -0.2) is 35.7 Å². The molecule has 0 saturated carbocycles. The molecule has 192 valence electrons. The van der Waals surface area contributed by atoms with E-state index >= 15 is 0 Å². The summed E-state index contributed by atoms with van der Waals surface area (Å²) >= 11 is 0. The van der Waals surface area contributed by atoms with Crippen molar-refractivity contribution in [3.8, 4) is 5.75 Å². The molecular weight excluding hydrogens is 533 g/mol. The summed E-state index contributed by atoms with van der Waals surface area (Å²) in [6.07, 6.45) is 0.0831. The van der Waals surface area contributed by atoms with Crippen LogP contribution in [0.5, 0.6) is 5.75 Å². The molecule has 36 heavy (non-hydrogen) atoms. The van der Waals surface area contributed by atoms with Gasteiger partial charge in [-0.3, -0.25) is 4.98 Å². The van der Waals surface area contributed by atoms with Crippen LogP contribution in [0.15, 0.2) is 67.4 Å². The minimum absolute atomic E-state index is 0. The molecule has 3 aromatic rings. The zero-order valence-corrected chi connectivity index (χ0v) is 21.8. The van der Waals surface area contributed by atoms with Crippen molar-refractivity contribution in [2.45, 2.75) is 37.7 Å². The highest BCUT2D eigenvalue weighted by atomic mass is 79.9. The Morgan fingerprint density at radius 2 is 1.94 bits per heavy atom. The van der Waals surface area contributed by atoms with Crippen LogP contribution in [0.25, 0.3) is 10.9 Å². The van der Waals surface area contributed by atoms with E-state index in [-0.39, 0.29) is 23.0 Å². The van der Waals surface area contributed by atoms with Crippen molar-refractivity contribution >= 4 is 27.9 Å². The van der Waals surface area contributed by atoms with Crippen molar-refractivity contribution in [2.24, 2.45) is 11.8 Å². The molecule has 8 heteroatoms. The Morgan fingerprint density at radius 1 is 1.19 bits per heavy atom. The summed E-state index contributed by atoms with van der Waals surface area (Å²) in [5, 5.41) is 15.0. The van der Waals surface area contributed by atoms with E-state index in [9.17, 15) is 18.3 Å². The number of nitrogens with zero attached hydrogens (tertiary/aromatic N) is 2. The number of benzene rings is 2. The quantitative estimate of drug-likeness (QED) is 0.279. The van der Waals surface area contributed by atoms with E-state index in [1.165, 1.54) is 0 Å². The Morgan fingerprint density at radius 3 is 2.61 bits per heavy atom. The molecule has 3 saturated heterocycles. The molecule has 2 aromatic carbocycles. The molecule has 3 aliphatic heterocycles. The third kappa shape index (κ3) is 4.78. The Balaban J connectivity index is 0.00000304. The number of methoxy groups -OCH3 is 1. The molecule has 5 atom stereocenters. The van der Waals surface area contributed by atoms with Gasteiger partial charge in [0.15, 0.2) is 0 Å². The number of alkyl halides is 3. The van der Waals surface area contributed by atoms with E-state index in [0.717, 1.165) is 54.5 Å². The van der Waals surface area contributed by atoms with Crippen molar-refractivity contribution in [3.05, 3.63) is 84.1 Å². The van der Waals surface area contributed by atoms with E-state index in [0.29, 0.717) is 34.2 Å². The molecule has 4 unspecified atom stereocenters. The van der Waals surface area contributed by atoms with Crippen LogP contribution in [0.1, 0.15) is 35.6 Å². The molecule has 1 aromatic heterocycles. The molecule has 3 fully saturated rings. The topological polar surface area (TPSA) is 45.2 Å². The van der Waals surface area contributed by atoms with Crippen molar-refractivity contribution in [2.75, 3.05) is 20.2 Å². The van der Waals surface area contributed by atoms with Gasteiger partial charge in [0.05, 0.1) is 37.3 Å². The number of hydrogen-bond acceptors (Lipinski definition) is 3. The normalized spacial score (nSPS) is 26.3. The summed E-state index contributed by atoms with van der Waals surface area (Å²) < 4.78 is 45.2. The molecular formula is C28H30BrF3N2O2. The molecule has 0 amide bonds. The van der Waals surface area contributed by atoms with Crippen molar-refractivity contribution in [1.82, 2.24) is 4.98 Å². The SMILES string of the molecule is Br.C=CC1C[N+]2(Cc3ccc(C(F)(F)F)cc3)CCC1CC2[C@H]([O-])c1ccnc2ccc(OC)cc12. The van der Waals surface area contributed by atoms with Gasteiger partial charge in [-0.2, -0.15) is 13.2 Å². The van der Waals surface area contributed by atoms with Gasteiger partial charge >= 0.3 is 6.18 Å². The maximum atomic E-state index is 14.2. The molecule has 0 radical (unpaired) electrons. The monoisotopic (exact) mass is 562 g/mol. The average Bonchev–Trinajstić information content (AvgIpc) is 2.87. The van der Waals surface area contributed by atoms with Gasteiger partial charge in [-0.05, 0) is 54.0 Å². The first-order valence-electron chi connectivity index (χ1n) is 12.0. The summed E-state index contributed by atoms with van der Waals surface area (Å²) in [5.74, 6) is 1.38. The van der Waals surface area contributed by atoms with Gasteiger partial charge in [0.2, 0.25) is 0 Å². The Kier molecular flexibility index (Phi) is 7.51. The molecule has 6 rings (SSSR count). The predicted molar refractivity (Wildman–Crippen MR) is 137 cm³/mol. The second-order valence-corrected chi connectivity index (χ2v) is 9.93. The molecule has 4 nitrogen and oxygen atoms in total. The molecule has 0 N–H and O–H groups in total. The Labute approximate surface area is 219 Å². The van der Waals surface area contributed by atoms with E-state index in [1.54, 1.807) is 25.4 Å². The number of aromatic nitrogens is 1. The van der Waals surface area contributed by atoms with Crippen LogP contribution in [0.3, 0.4) is 0 Å². The number of halogens is 4. The number of piperidine rings is 3. The smallest absolute Gasteiger partial charge is 0.416 e. The van der Waals surface area contributed by atoms with Crippen LogP contribution >= 0.6 is 17.0 Å². The van der Waals surface area contributed by atoms with Crippen LogP contribution in [-0.2, 0) is 12.7 Å². The minimum Gasteiger partial charge on any atom is -0.844 e. The number of pyridine rings is 1. The van der Waals surface area contributed by atoms with Gasteiger partial charge in [-0.25, -0.2) is 0 Å². The second-order valence-electron chi connectivity index (χ2n) is 9.93. The first-order chi connectivity index (χ1) is 16.7. The van der Waals surface area contributed by atoms with E-state index < -0.39 is 17.8 Å². The fourth-order valence-corrected chi connectivity index (χ4v) is 6.26. The number of rotatable bonds is 6. The summed E-state index contributed by atoms with van der Waals surface area (Å²) in [6.45, 7) is 6.19. The van der Waals surface area contributed by atoms with Gasteiger partial charge in [-0.15, -0.1) is 23.6 Å². The average molecular weight is 563 g/mol. The molecule has 0 spiro atoms. The standard InChI is InChI=1S/C28H29F3N2O2.BrH/c1-3-19-17-33(16-18-4-6-21(7-5-18)28(29,30)31)13-11-20(19)14-26(33)27(34)23-10-12-32-25-9-8-22(35-2)15-24(23)25;/h3-10,12,15,19-20,26-27H,1,11,13-14,16-17H2,2H3;1H/t19?,20?,26?,27-,33?;/m1./s1. The Hall–Kier alpha value is -2.42. The lowest BCUT2D eigenvalue weighted by molar-refractivity contribution is -0.990. The fourth-order valence-electron chi connectivity index (χ4n) is 6.26. The number of quaternary nitrogens is 1. The van der Waals surface area contributed by atoms with Gasteiger partial charge < -0.3 is 14.3 Å². The lowest BCUT2D eigenvalue weighted by Crippen LogP contribution is -2.68. The van der Waals surface area contributed by atoms with Crippen molar-refractivity contribution in [1.29, 1.82) is 0 Å². The highest BCUT2D eigenvalue weighted by Crippen LogP contribution is 2.47. The molecule has 2 bridgehead atoms. The second kappa shape index (κ2) is 10.1. The van der Waals surface area contributed by atoms with Crippen LogP contribution < -0.4 is 9.84 Å². The third-order valence-corrected chi connectivity index (χ3v) is 8.09. The van der Waals surface area contributed by atoms with E-state index in [2.05, 4.69) is 11.6 Å². The summed E-state index contributed by atoms with van der Waals surface area (Å²) in [7, 11) is 1.59. The summed E-state index contributed by atoms with van der Waals surface area (Å²) in [6, 6.07) is 12.6. The zero-order chi connectivity index (χ0) is 24.8. The Bertz CT molecular complexity index is 1230. The first kappa shape index (κ1) is 26.6. The van der Waals surface area contributed by atoms with E-state index in [4.69, 9.17) is 4.74 Å². The number of fused-ring (bicyclic) bond motifs is 4. The lowest BCUT2D eigenvalue weighted by Gasteiger charge is -2.60. The maximum Gasteiger partial charge on any atom is 0.416 e. The van der Waals surface area contributed by atoms with Crippen molar-refractivity contribution < 1.29 is 27.5 Å².